The Hall–Kier alpha value is -1.59. The standard InChI is InChI=1S/C18H17F11O/c1-12(2,3)10-6-4-5-9(7-10)11(30)8-13(19)14(20,21)16(24,25)18(28,29)17(26,27)15(13,22)23/h4-7,11,30H,8H2,1-3H3. The molecule has 1 atom stereocenters. The second-order valence-electron chi connectivity index (χ2n) is 8.27. The van der Waals surface area contributed by atoms with E-state index in [2.05, 4.69) is 0 Å². The van der Waals surface area contributed by atoms with Crippen molar-refractivity contribution in [1.29, 1.82) is 0 Å². The molecule has 0 radical (unpaired) electrons. The van der Waals surface area contributed by atoms with Gasteiger partial charge in [-0.25, -0.2) is 4.39 Å². The molecule has 30 heavy (non-hydrogen) atoms. The van der Waals surface area contributed by atoms with Gasteiger partial charge in [-0.2, -0.15) is 43.9 Å². The average Bonchev–Trinajstić information content (AvgIpc) is 2.59. The predicted octanol–water partition coefficient (Wildman–Crippen LogP) is 6.31. The van der Waals surface area contributed by atoms with Crippen LogP contribution in [-0.4, -0.2) is 40.4 Å². The quantitative estimate of drug-likeness (QED) is 0.527. The summed E-state index contributed by atoms with van der Waals surface area (Å²) in [5.41, 5.74) is -7.01. The van der Waals surface area contributed by atoms with Crippen molar-refractivity contribution in [2.75, 3.05) is 0 Å². The summed E-state index contributed by atoms with van der Waals surface area (Å²) in [5, 5.41) is 9.98. The first-order chi connectivity index (χ1) is 13.1. The van der Waals surface area contributed by atoms with Crippen molar-refractivity contribution in [2.45, 2.75) is 74.0 Å². The summed E-state index contributed by atoms with van der Waals surface area (Å²) in [6, 6.07) is 4.61. The predicted molar refractivity (Wildman–Crippen MR) is 83.3 cm³/mol. The van der Waals surface area contributed by atoms with Crippen LogP contribution in [0.1, 0.15) is 44.4 Å². The lowest BCUT2D eigenvalue weighted by Gasteiger charge is -2.52. The monoisotopic (exact) mass is 458 g/mol. The van der Waals surface area contributed by atoms with Crippen LogP contribution in [0.15, 0.2) is 24.3 Å². The summed E-state index contributed by atoms with van der Waals surface area (Å²) >= 11 is 0. The van der Waals surface area contributed by atoms with Crippen LogP contribution in [-0.2, 0) is 5.41 Å². The molecule has 0 heterocycles. The molecule has 0 amide bonds. The van der Waals surface area contributed by atoms with E-state index in [4.69, 9.17) is 0 Å². The second-order valence-corrected chi connectivity index (χ2v) is 8.27. The van der Waals surface area contributed by atoms with Crippen LogP contribution in [0.25, 0.3) is 0 Å². The first-order valence-corrected chi connectivity index (χ1v) is 8.46. The van der Waals surface area contributed by atoms with Gasteiger partial charge in [-0.05, 0) is 16.5 Å². The Kier molecular flexibility index (Phi) is 5.31. The number of alkyl halides is 11. The minimum absolute atomic E-state index is 0.372. The molecule has 1 aromatic carbocycles. The molecule has 1 N–H and O–H groups in total. The summed E-state index contributed by atoms with van der Waals surface area (Å²) in [6.45, 7) is 4.92. The Morgan fingerprint density at radius 3 is 1.53 bits per heavy atom. The molecular formula is C18H17F11O. The topological polar surface area (TPSA) is 20.2 Å². The Morgan fingerprint density at radius 2 is 1.13 bits per heavy atom. The van der Waals surface area contributed by atoms with Crippen molar-refractivity contribution >= 4 is 0 Å². The Morgan fingerprint density at radius 1 is 0.733 bits per heavy atom. The fraction of sp³-hybridized carbons (Fsp3) is 0.667. The normalized spacial score (nSPS) is 26.8. The molecule has 1 aromatic rings. The highest BCUT2D eigenvalue weighted by Crippen LogP contribution is 2.70. The first kappa shape index (κ1) is 24.7. The van der Waals surface area contributed by atoms with Gasteiger partial charge in [-0.3, -0.25) is 0 Å². The van der Waals surface area contributed by atoms with E-state index in [1.54, 1.807) is 20.8 Å². The Labute approximate surface area is 163 Å². The molecule has 0 bridgehead atoms. The third-order valence-corrected chi connectivity index (χ3v) is 5.18. The third kappa shape index (κ3) is 2.85. The molecule has 0 spiro atoms. The minimum atomic E-state index is -7.26. The van der Waals surface area contributed by atoms with Gasteiger partial charge < -0.3 is 5.11 Å². The van der Waals surface area contributed by atoms with Crippen molar-refractivity contribution in [3.8, 4) is 0 Å². The zero-order valence-corrected chi connectivity index (χ0v) is 15.7. The van der Waals surface area contributed by atoms with Crippen molar-refractivity contribution < 1.29 is 53.4 Å². The molecule has 0 saturated heterocycles. The first-order valence-electron chi connectivity index (χ1n) is 8.46. The maximum Gasteiger partial charge on any atom is 0.384 e. The molecule has 12 heteroatoms. The number of rotatable bonds is 3. The van der Waals surface area contributed by atoms with Crippen LogP contribution >= 0.6 is 0 Å². The molecule has 1 aliphatic carbocycles. The van der Waals surface area contributed by atoms with Crippen molar-refractivity contribution in [3.05, 3.63) is 35.4 Å². The molecule has 2 rings (SSSR count). The van der Waals surface area contributed by atoms with Crippen molar-refractivity contribution in [1.82, 2.24) is 0 Å². The number of aliphatic hydroxyl groups is 1. The average molecular weight is 458 g/mol. The summed E-state index contributed by atoms with van der Waals surface area (Å²) < 4.78 is 151. The number of hydrogen-bond acceptors (Lipinski definition) is 1. The van der Waals surface area contributed by atoms with Crippen LogP contribution in [0.3, 0.4) is 0 Å². The molecule has 1 aliphatic rings. The maximum absolute atomic E-state index is 14.8. The summed E-state index contributed by atoms with van der Waals surface area (Å²) in [4.78, 5) is 0. The fourth-order valence-electron chi connectivity index (χ4n) is 3.14. The van der Waals surface area contributed by atoms with E-state index in [1.165, 1.54) is 12.1 Å². The highest BCUT2D eigenvalue weighted by atomic mass is 19.4. The van der Waals surface area contributed by atoms with Gasteiger partial charge in [0.15, 0.2) is 0 Å². The SMILES string of the molecule is CC(C)(C)c1cccc(C(O)CC2(F)C(F)(F)C(F)(F)C(F)(F)C(F)(F)C2(F)F)c1. The third-order valence-electron chi connectivity index (χ3n) is 5.18. The van der Waals surface area contributed by atoms with Gasteiger partial charge in [0.2, 0.25) is 0 Å². The lowest BCUT2D eigenvalue weighted by atomic mass is 9.69. The van der Waals surface area contributed by atoms with E-state index in [1.807, 2.05) is 0 Å². The summed E-state index contributed by atoms with van der Waals surface area (Å²) in [5.74, 6) is -35.5. The van der Waals surface area contributed by atoms with Gasteiger partial charge in [-0.1, -0.05) is 45.0 Å². The summed E-state index contributed by atoms with van der Waals surface area (Å²) in [7, 11) is 0. The largest absolute Gasteiger partial charge is 0.388 e. The Balaban J connectivity index is 2.61. The molecule has 0 aromatic heterocycles. The van der Waals surface area contributed by atoms with E-state index < -0.39 is 58.8 Å². The lowest BCUT2D eigenvalue weighted by Crippen LogP contribution is -2.83. The van der Waals surface area contributed by atoms with Crippen LogP contribution < -0.4 is 0 Å². The number of hydrogen-bond donors (Lipinski definition) is 1. The second kappa shape index (κ2) is 6.46. The summed E-state index contributed by atoms with van der Waals surface area (Å²) in [6.07, 6.45) is -5.41. The highest BCUT2D eigenvalue weighted by Gasteiger charge is 3.00. The zero-order chi connectivity index (χ0) is 23.8. The zero-order valence-electron chi connectivity index (χ0n) is 15.7. The Bertz CT molecular complexity index is 781. The fourth-order valence-corrected chi connectivity index (χ4v) is 3.14. The van der Waals surface area contributed by atoms with E-state index in [0.717, 1.165) is 12.1 Å². The van der Waals surface area contributed by atoms with Crippen LogP contribution in [0, 0.1) is 0 Å². The van der Waals surface area contributed by atoms with E-state index in [-0.39, 0.29) is 0 Å². The van der Waals surface area contributed by atoms with Gasteiger partial charge in [0, 0.05) is 6.42 Å². The van der Waals surface area contributed by atoms with Crippen LogP contribution in [0.2, 0.25) is 0 Å². The number of halogens is 11. The molecular weight excluding hydrogens is 441 g/mol. The van der Waals surface area contributed by atoms with Gasteiger partial charge in [0.1, 0.15) is 0 Å². The highest BCUT2D eigenvalue weighted by molar-refractivity contribution is 5.32. The van der Waals surface area contributed by atoms with Crippen molar-refractivity contribution in [3.63, 3.8) is 0 Å². The van der Waals surface area contributed by atoms with E-state index >= 15 is 0 Å². The molecule has 1 nitrogen and oxygen atoms in total. The van der Waals surface area contributed by atoms with Crippen molar-refractivity contribution in [2.24, 2.45) is 0 Å². The van der Waals surface area contributed by atoms with E-state index in [9.17, 15) is 53.4 Å². The van der Waals surface area contributed by atoms with Gasteiger partial charge in [0.25, 0.3) is 5.67 Å². The molecule has 1 saturated carbocycles. The minimum Gasteiger partial charge on any atom is -0.388 e. The smallest absolute Gasteiger partial charge is 0.384 e. The van der Waals surface area contributed by atoms with Gasteiger partial charge in [-0.15, -0.1) is 0 Å². The number of aliphatic hydroxyl groups excluding tert-OH is 1. The lowest BCUT2D eigenvalue weighted by molar-refractivity contribution is -0.487. The van der Waals surface area contributed by atoms with E-state index in [0.29, 0.717) is 5.56 Å². The van der Waals surface area contributed by atoms with Crippen LogP contribution in [0.4, 0.5) is 48.3 Å². The van der Waals surface area contributed by atoms with Crippen LogP contribution in [0.5, 0.6) is 0 Å². The molecule has 172 valence electrons. The maximum atomic E-state index is 14.8. The molecule has 0 aliphatic heterocycles. The van der Waals surface area contributed by atoms with Gasteiger partial charge in [0.05, 0.1) is 6.10 Å². The van der Waals surface area contributed by atoms with Gasteiger partial charge >= 0.3 is 29.6 Å². The molecule has 1 unspecified atom stereocenters. The number of benzene rings is 1. The molecule has 1 fully saturated rings.